The number of aromatic hydroxyl groups is 1. The second-order valence-corrected chi connectivity index (χ2v) is 6.20. The number of rotatable bonds is 4. The molecule has 0 spiro atoms. The van der Waals surface area contributed by atoms with Crippen LogP contribution in [-0.2, 0) is 0 Å². The standard InChI is InChI=1S/C19H19N3O3/c1-22(2)10-9-20-19-18-17(13-5-3-4-6-14(13)21-19)25-16-11-12(23)7-8-15(16)24-18/h3-8,11,23H,9-10H2,1-2H3,(H,20,21). The summed E-state index contributed by atoms with van der Waals surface area (Å²) in [5, 5.41) is 13.9. The molecule has 6 nitrogen and oxygen atoms in total. The maximum Gasteiger partial charge on any atom is 0.212 e. The summed E-state index contributed by atoms with van der Waals surface area (Å²) in [5.74, 6) is 3.00. The van der Waals surface area contributed by atoms with Gasteiger partial charge >= 0.3 is 0 Å². The Morgan fingerprint density at radius 1 is 1.04 bits per heavy atom. The second-order valence-electron chi connectivity index (χ2n) is 6.20. The van der Waals surface area contributed by atoms with Gasteiger partial charge in [0.2, 0.25) is 5.75 Å². The largest absolute Gasteiger partial charge is 0.508 e. The van der Waals surface area contributed by atoms with Crippen LogP contribution in [-0.4, -0.2) is 42.2 Å². The maximum atomic E-state index is 9.71. The second kappa shape index (κ2) is 6.14. The Kier molecular flexibility index (Phi) is 3.82. The summed E-state index contributed by atoms with van der Waals surface area (Å²) in [4.78, 5) is 6.79. The van der Waals surface area contributed by atoms with Crippen LogP contribution in [0.25, 0.3) is 10.9 Å². The SMILES string of the molecule is CN(C)CCNc1nc2ccccc2c2c1Oc1ccc(O)cc1O2. The highest BCUT2D eigenvalue weighted by atomic mass is 16.6. The molecular formula is C19H19N3O3. The first-order valence-corrected chi connectivity index (χ1v) is 8.12. The molecule has 0 unspecified atom stereocenters. The molecule has 1 aromatic heterocycles. The van der Waals surface area contributed by atoms with E-state index in [9.17, 15) is 5.11 Å². The van der Waals surface area contributed by atoms with Gasteiger partial charge in [-0.1, -0.05) is 12.1 Å². The molecule has 6 heteroatoms. The molecule has 4 rings (SSSR count). The van der Waals surface area contributed by atoms with E-state index < -0.39 is 0 Å². The zero-order chi connectivity index (χ0) is 17.4. The zero-order valence-corrected chi connectivity index (χ0v) is 14.1. The van der Waals surface area contributed by atoms with Crippen molar-refractivity contribution in [2.75, 3.05) is 32.5 Å². The minimum absolute atomic E-state index is 0.133. The van der Waals surface area contributed by atoms with Gasteiger partial charge in [-0.3, -0.25) is 0 Å². The van der Waals surface area contributed by atoms with E-state index in [0.29, 0.717) is 28.8 Å². The van der Waals surface area contributed by atoms with E-state index in [1.54, 1.807) is 18.2 Å². The summed E-state index contributed by atoms with van der Waals surface area (Å²) in [6.45, 7) is 1.60. The van der Waals surface area contributed by atoms with Crippen LogP contribution < -0.4 is 14.8 Å². The Balaban J connectivity index is 1.80. The lowest BCUT2D eigenvalue weighted by Gasteiger charge is -2.24. The van der Waals surface area contributed by atoms with Crippen molar-refractivity contribution in [3.8, 4) is 28.7 Å². The summed E-state index contributed by atoms with van der Waals surface area (Å²) >= 11 is 0. The first-order chi connectivity index (χ1) is 12.1. The number of ether oxygens (including phenoxy) is 2. The van der Waals surface area contributed by atoms with Gasteiger partial charge in [0.15, 0.2) is 23.1 Å². The fourth-order valence-corrected chi connectivity index (χ4v) is 2.76. The number of para-hydroxylation sites is 1. The number of hydrogen-bond donors (Lipinski definition) is 2. The number of fused-ring (bicyclic) bond motifs is 4. The summed E-state index contributed by atoms with van der Waals surface area (Å²) in [7, 11) is 4.04. The smallest absolute Gasteiger partial charge is 0.212 e. The zero-order valence-electron chi connectivity index (χ0n) is 14.1. The molecule has 1 aliphatic heterocycles. The lowest BCUT2D eigenvalue weighted by atomic mass is 10.1. The van der Waals surface area contributed by atoms with Gasteiger partial charge in [-0.25, -0.2) is 4.98 Å². The van der Waals surface area contributed by atoms with Gasteiger partial charge in [-0.15, -0.1) is 0 Å². The molecule has 25 heavy (non-hydrogen) atoms. The molecule has 128 valence electrons. The molecule has 2 N–H and O–H groups in total. The van der Waals surface area contributed by atoms with Crippen LogP contribution in [0.5, 0.6) is 28.7 Å². The number of hydrogen-bond acceptors (Lipinski definition) is 6. The molecule has 3 aromatic rings. The number of likely N-dealkylation sites (N-methyl/N-ethyl adjacent to an activating group) is 1. The van der Waals surface area contributed by atoms with E-state index in [1.807, 2.05) is 38.4 Å². The predicted molar refractivity (Wildman–Crippen MR) is 97.0 cm³/mol. The lowest BCUT2D eigenvalue weighted by molar-refractivity contribution is 0.359. The number of anilines is 1. The number of aromatic nitrogens is 1. The molecule has 0 saturated heterocycles. The topological polar surface area (TPSA) is 66.9 Å². The predicted octanol–water partition coefficient (Wildman–Crippen LogP) is 3.81. The highest BCUT2D eigenvalue weighted by Crippen LogP contribution is 2.51. The summed E-state index contributed by atoms with van der Waals surface area (Å²) in [5.41, 5.74) is 0.820. The number of nitrogens with zero attached hydrogens (tertiary/aromatic N) is 2. The number of phenols is 1. The van der Waals surface area contributed by atoms with Crippen molar-refractivity contribution in [2.24, 2.45) is 0 Å². The van der Waals surface area contributed by atoms with Gasteiger partial charge in [-0.05, 0) is 38.4 Å². The van der Waals surface area contributed by atoms with Crippen molar-refractivity contribution >= 4 is 16.7 Å². The quantitative estimate of drug-likeness (QED) is 0.590. The number of benzene rings is 2. The monoisotopic (exact) mass is 337 g/mol. The molecule has 2 aromatic carbocycles. The average Bonchev–Trinajstić information content (AvgIpc) is 2.60. The van der Waals surface area contributed by atoms with Crippen molar-refractivity contribution in [1.82, 2.24) is 9.88 Å². The van der Waals surface area contributed by atoms with Crippen molar-refractivity contribution < 1.29 is 14.6 Å². The number of pyridine rings is 1. The first-order valence-electron chi connectivity index (χ1n) is 8.12. The van der Waals surface area contributed by atoms with E-state index >= 15 is 0 Å². The highest BCUT2D eigenvalue weighted by Gasteiger charge is 2.26. The third kappa shape index (κ3) is 2.92. The molecule has 2 heterocycles. The van der Waals surface area contributed by atoms with Crippen LogP contribution in [0.2, 0.25) is 0 Å². The van der Waals surface area contributed by atoms with E-state index in [1.165, 1.54) is 0 Å². The summed E-state index contributed by atoms with van der Waals surface area (Å²) in [6.07, 6.45) is 0. The normalized spacial score (nSPS) is 12.3. The van der Waals surface area contributed by atoms with Crippen LogP contribution in [0, 0.1) is 0 Å². The third-order valence-electron chi connectivity index (χ3n) is 4.01. The Morgan fingerprint density at radius 2 is 1.84 bits per heavy atom. The fraction of sp³-hybridized carbons (Fsp3) is 0.211. The van der Waals surface area contributed by atoms with Gasteiger partial charge in [0, 0.05) is 24.5 Å². The van der Waals surface area contributed by atoms with E-state index in [4.69, 9.17) is 14.5 Å². The Morgan fingerprint density at radius 3 is 2.68 bits per heavy atom. The van der Waals surface area contributed by atoms with Crippen molar-refractivity contribution in [3.05, 3.63) is 42.5 Å². The Bertz CT molecular complexity index is 941. The first kappa shape index (κ1) is 15.5. The van der Waals surface area contributed by atoms with Crippen LogP contribution in [0.15, 0.2) is 42.5 Å². The average molecular weight is 337 g/mol. The third-order valence-corrected chi connectivity index (χ3v) is 4.01. The van der Waals surface area contributed by atoms with Crippen LogP contribution in [0.3, 0.4) is 0 Å². The highest BCUT2D eigenvalue weighted by molar-refractivity contribution is 5.92. The molecular weight excluding hydrogens is 318 g/mol. The molecule has 0 bridgehead atoms. The van der Waals surface area contributed by atoms with Crippen LogP contribution in [0.1, 0.15) is 0 Å². The minimum Gasteiger partial charge on any atom is -0.508 e. The van der Waals surface area contributed by atoms with Crippen molar-refractivity contribution in [1.29, 1.82) is 0 Å². The summed E-state index contributed by atoms with van der Waals surface area (Å²) < 4.78 is 12.1. The maximum absolute atomic E-state index is 9.71. The van der Waals surface area contributed by atoms with Gasteiger partial charge < -0.3 is 24.8 Å². The molecule has 1 aliphatic rings. The molecule has 0 radical (unpaired) electrons. The van der Waals surface area contributed by atoms with Crippen molar-refractivity contribution in [3.63, 3.8) is 0 Å². The van der Waals surface area contributed by atoms with Gasteiger partial charge in [0.25, 0.3) is 0 Å². The lowest BCUT2D eigenvalue weighted by Crippen LogP contribution is -2.21. The Labute approximate surface area is 145 Å². The van der Waals surface area contributed by atoms with Crippen LogP contribution >= 0.6 is 0 Å². The van der Waals surface area contributed by atoms with E-state index in [0.717, 1.165) is 24.0 Å². The van der Waals surface area contributed by atoms with E-state index in [-0.39, 0.29) is 5.75 Å². The van der Waals surface area contributed by atoms with Gasteiger partial charge in [0.05, 0.1) is 5.52 Å². The molecule has 0 amide bonds. The molecule has 0 atom stereocenters. The number of nitrogens with one attached hydrogen (secondary N) is 1. The van der Waals surface area contributed by atoms with Crippen molar-refractivity contribution in [2.45, 2.75) is 0 Å². The minimum atomic E-state index is 0.133. The molecule has 0 saturated carbocycles. The Hall–Kier alpha value is -2.99. The van der Waals surface area contributed by atoms with Gasteiger partial charge in [-0.2, -0.15) is 0 Å². The van der Waals surface area contributed by atoms with Crippen LogP contribution in [0.4, 0.5) is 5.82 Å². The molecule has 0 aliphatic carbocycles. The number of phenolic OH excluding ortho intramolecular Hbond substituents is 1. The van der Waals surface area contributed by atoms with Gasteiger partial charge in [0.1, 0.15) is 5.75 Å². The summed E-state index contributed by atoms with van der Waals surface area (Å²) in [6, 6.07) is 12.6. The van der Waals surface area contributed by atoms with E-state index in [2.05, 4.69) is 10.2 Å². The fourth-order valence-electron chi connectivity index (χ4n) is 2.76. The molecule has 0 fully saturated rings.